The maximum Gasteiger partial charge on any atom is 0.338 e. The normalized spacial score (nSPS) is 25.5. The molecule has 6 nitrogen and oxygen atoms in total. The third kappa shape index (κ3) is 1.84. The van der Waals surface area contributed by atoms with Crippen LogP contribution in [0.4, 0.5) is 0 Å². The van der Waals surface area contributed by atoms with Crippen molar-refractivity contribution in [2.45, 2.75) is 25.6 Å². The second-order valence-electron chi connectivity index (χ2n) is 4.70. The summed E-state index contributed by atoms with van der Waals surface area (Å²) in [6.07, 6.45) is -0.574. The smallest absolute Gasteiger partial charge is 0.338 e. The summed E-state index contributed by atoms with van der Waals surface area (Å²) < 4.78 is 10.4. The Labute approximate surface area is 108 Å². The number of rotatable bonds is 3. The van der Waals surface area contributed by atoms with Crippen LogP contribution in [0.2, 0.25) is 0 Å². The average molecular weight is 262 g/mol. The summed E-state index contributed by atoms with van der Waals surface area (Å²) in [4.78, 5) is 28.2. The maximum atomic E-state index is 11.7. The second-order valence-corrected chi connectivity index (χ2v) is 4.70. The van der Waals surface area contributed by atoms with E-state index in [1.54, 1.807) is 13.0 Å². The molecule has 0 aliphatic carbocycles. The number of ether oxygens (including phenoxy) is 2. The molecule has 0 bridgehead atoms. The SMILES string of the molecule is CCOC(=O)C1OC1(C)c1ccc2[nH]c(=O)[nH]c2c1. The summed E-state index contributed by atoms with van der Waals surface area (Å²) in [5, 5.41) is 0. The van der Waals surface area contributed by atoms with Gasteiger partial charge in [-0.25, -0.2) is 9.59 Å². The van der Waals surface area contributed by atoms with Gasteiger partial charge >= 0.3 is 11.7 Å². The van der Waals surface area contributed by atoms with Gasteiger partial charge in [-0.3, -0.25) is 0 Å². The fraction of sp³-hybridized carbons (Fsp3) is 0.385. The van der Waals surface area contributed by atoms with E-state index < -0.39 is 11.7 Å². The lowest BCUT2D eigenvalue weighted by Gasteiger charge is -2.06. The Morgan fingerprint density at radius 1 is 1.42 bits per heavy atom. The molecule has 3 rings (SSSR count). The zero-order valence-corrected chi connectivity index (χ0v) is 10.6. The number of H-pyrrole nitrogens is 2. The molecule has 0 spiro atoms. The first kappa shape index (κ1) is 12.0. The van der Waals surface area contributed by atoms with E-state index >= 15 is 0 Å². The molecule has 0 saturated carbocycles. The van der Waals surface area contributed by atoms with Crippen LogP contribution in [0, 0.1) is 0 Å². The first-order chi connectivity index (χ1) is 9.04. The van der Waals surface area contributed by atoms with Crippen LogP contribution in [-0.2, 0) is 19.9 Å². The van der Waals surface area contributed by atoms with E-state index in [2.05, 4.69) is 9.97 Å². The zero-order valence-electron chi connectivity index (χ0n) is 10.6. The quantitative estimate of drug-likeness (QED) is 0.639. The van der Waals surface area contributed by atoms with E-state index in [1.165, 1.54) is 0 Å². The van der Waals surface area contributed by atoms with Crippen LogP contribution < -0.4 is 5.69 Å². The van der Waals surface area contributed by atoms with Gasteiger partial charge in [-0.15, -0.1) is 0 Å². The molecule has 0 amide bonds. The van der Waals surface area contributed by atoms with E-state index in [1.807, 2.05) is 19.1 Å². The molecular formula is C13H14N2O4. The van der Waals surface area contributed by atoms with Gasteiger partial charge < -0.3 is 19.4 Å². The lowest BCUT2D eigenvalue weighted by Crippen LogP contribution is -2.18. The molecule has 0 radical (unpaired) electrons. The predicted octanol–water partition coefficient (Wildman–Crippen LogP) is 1.03. The number of aromatic amines is 2. The number of nitrogens with one attached hydrogen (secondary N) is 2. The molecule has 1 fully saturated rings. The van der Waals surface area contributed by atoms with E-state index in [0.717, 1.165) is 11.1 Å². The zero-order chi connectivity index (χ0) is 13.6. The fourth-order valence-corrected chi connectivity index (χ4v) is 2.26. The number of aromatic nitrogens is 2. The summed E-state index contributed by atoms with van der Waals surface area (Å²) in [5.41, 5.74) is 1.34. The highest BCUT2D eigenvalue weighted by Crippen LogP contribution is 2.46. The van der Waals surface area contributed by atoms with Crippen LogP contribution in [-0.4, -0.2) is 28.6 Å². The molecule has 2 atom stereocenters. The number of hydrogen-bond acceptors (Lipinski definition) is 4. The van der Waals surface area contributed by atoms with Crippen LogP contribution in [0.3, 0.4) is 0 Å². The van der Waals surface area contributed by atoms with E-state index in [-0.39, 0.29) is 11.7 Å². The van der Waals surface area contributed by atoms with Crippen molar-refractivity contribution >= 4 is 17.0 Å². The number of hydrogen-bond donors (Lipinski definition) is 2. The van der Waals surface area contributed by atoms with Gasteiger partial charge in [0.1, 0.15) is 5.60 Å². The van der Waals surface area contributed by atoms with Gasteiger partial charge in [0.25, 0.3) is 0 Å². The summed E-state index contributed by atoms with van der Waals surface area (Å²) in [6.45, 7) is 3.92. The molecule has 2 unspecified atom stereocenters. The molecule has 2 N–H and O–H groups in total. The monoisotopic (exact) mass is 262 g/mol. The van der Waals surface area contributed by atoms with Crippen molar-refractivity contribution in [3.63, 3.8) is 0 Å². The van der Waals surface area contributed by atoms with Gasteiger partial charge in [0.15, 0.2) is 6.10 Å². The van der Waals surface area contributed by atoms with Gasteiger partial charge in [-0.1, -0.05) is 6.07 Å². The Kier molecular flexibility index (Phi) is 2.50. The van der Waals surface area contributed by atoms with Crippen LogP contribution in [0.15, 0.2) is 23.0 Å². The number of carbonyl (C=O) groups excluding carboxylic acids is 1. The number of esters is 1. The molecule has 100 valence electrons. The third-order valence-corrected chi connectivity index (χ3v) is 3.40. The third-order valence-electron chi connectivity index (χ3n) is 3.40. The Morgan fingerprint density at radius 2 is 2.16 bits per heavy atom. The number of epoxide rings is 1. The summed E-state index contributed by atoms with van der Waals surface area (Å²) in [5.74, 6) is -0.354. The molecular weight excluding hydrogens is 248 g/mol. The molecule has 2 heterocycles. The number of carbonyl (C=O) groups is 1. The van der Waals surface area contributed by atoms with Crippen molar-refractivity contribution in [1.29, 1.82) is 0 Å². The number of benzene rings is 1. The van der Waals surface area contributed by atoms with E-state index in [9.17, 15) is 9.59 Å². The van der Waals surface area contributed by atoms with Gasteiger partial charge in [0.2, 0.25) is 0 Å². The number of fused-ring (bicyclic) bond motifs is 1. The molecule has 1 aromatic heterocycles. The lowest BCUT2D eigenvalue weighted by molar-refractivity contribution is -0.144. The van der Waals surface area contributed by atoms with Crippen LogP contribution in [0.1, 0.15) is 19.4 Å². The maximum absolute atomic E-state index is 11.7. The highest BCUT2D eigenvalue weighted by atomic mass is 16.7. The van der Waals surface area contributed by atoms with Gasteiger partial charge in [-0.2, -0.15) is 0 Å². The van der Waals surface area contributed by atoms with E-state index in [4.69, 9.17) is 9.47 Å². The van der Waals surface area contributed by atoms with Crippen LogP contribution in [0.25, 0.3) is 11.0 Å². The fourth-order valence-electron chi connectivity index (χ4n) is 2.26. The molecule has 1 aromatic carbocycles. The lowest BCUT2D eigenvalue weighted by atomic mass is 9.97. The standard InChI is InChI=1S/C13H14N2O4/c1-3-18-11(16)10-13(2,19-10)7-4-5-8-9(6-7)15-12(17)14-8/h4-6,10H,3H2,1-2H3,(H2,14,15,17). The summed E-state index contributed by atoms with van der Waals surface area (Å²) >= 11 is 0. The molecule has 2 aromatic rings. The van der Waals surface area contributed by atoms with Gasteiger partial charge in [-0.05, 0) is 31.5 Å². The molecule has 6 heteroatoms. The van der Waals surface area contributed by atoms with Gasteiger partial charge in [0, 0.05) is 0 Å². The summed E-state index contributed by atoms with van der Waals surface area (Å²) in [7, 11) is 0. The minimum Gasteiger partial charge on any atom is -0.464 e. The second kappa shape index (κ2) is 3.96. The molecule has 1 saturated heterocycles. The minimum atomic E-state index is -0.672. The highest BCUT2D eigenvalue weighted by molar-refractivity contribution is 5.81. The molecule has 1 aliphatic rings. The van der Waals surface area contributed by atoms with Crippen molar-refractivity contribution < 1.29 is 14.3 Å². The van der Waals surface area contributed by atoms with Gasteiger partial charge in [0.05, 0.1) is 17.6 Å². The summed E-state index contributed by atoms with van der Waals surface area (Å²) in [6, 6.07) is 5.44. The highest BCUT2D eigenvalue weighted by Gasteiger charge is 2.59. The first-order valence-electron chi connectivity index (χ1n) is 6.11. The van der Waals surface area contributed by atoms with Crippen molar-refractivity contribution in [3.05, 3.63) is 34.2 Å². The van der Waals surface area contributed by atoms with Crippen molar-refractivity contribution in [1.82, 2.24) is 9.97 Å². The molecule has 19 heavy (non-hydrogen) atoms. The Hall–Kier alpha value is -2.08. The van der Waals surface area contributed by atoms with Crippen molar-refractivity contribution in [3.8, 4) is 0 Å². The topological polar surface area (TPSA) is 87.5 Å². The average Bonchev–Trinajstić information content (AvgIpc) is 2.92. The Morgan fingerprint density at radius 3 is 2.89 bits per heavy atom. The van der Waals surface area contributed by atoms with Crippen LogP contribution >= 0.6 is 0 Å². The minimum absolute atomic E-state index is 0.254. The van der Waals surface area contributed by atoms with Crippen LogP contribution in [0.5, 0.6) is 0 Å². The Bertz CT molecular complexity index is 702. The molecule has 1 aliphatic heterocycles. The largest absolute Gasteiger partial charge is 0.464 e. The van der Waals surface area contributed by atoms with Crippen molar-refractivity contribution in [2.24, 2.45) is 0 Å². The van der Waals surface area contributed by atoms with Crippen molar-refractivity contribution in [2.75, 3.05) is 6.61 Å². The predicted molar refractivity (Wildman–Crippen MR) is 67.8 cm³/mol. The number of imidazole rings is 1. The van der Waals surface area contributed by atoms with E-state index in [0.29, 0.717) is 12.1 Å². The first-order valence-corrected chi connectivity index (χ1v) is 6.11. The Balaban J connectivity index is 1.92.